The fourth-order valence-electron chi connectivity index (χ4n) is 3.03. The molecule has 1 N–H and O–H groups in total. The van der Waals surface area contributed by atoms with Gasteiger partial charge in [-0.2, -0.15) is 0 Å². The van der Waals surface area contributed by atoms with Crippen LogP contribution in [0, 0.1) is 0 Å². The third-order valence-electron chi connectivity index (χ3n) is 4.23. The van der Waals surface area contributed by atoms with Crippen LogP contribution in [0.4, 0.5) is 0 Å². The predicted molar refractivity (Wildman–Crippen MR) is 95.0 cm³/mol. The Morgan fingerprint density at radius 1 is 1.00 bits per heavy atom. The summed E-state index contributed by atoms with van der Waals surface area (Å²) >= 11 is 0. The predicted octanol–water partition coefficient (Wildman–Crippen LogP) is 4.00. The molecule has 0 bridgehead atoms. The Bertz CT molecular complexity index is 603. The Hall–Kier alpha value is -2.10. The van der Waals surface area contributed by atoms with Crippen LogP contribution < -0.4 is 10.1 Å². The third-order valence-corrected chi connectivity index (χ3v) is 4.23. The molecule has 1 aliphatic heterocycles. The first-order chi connectivity index (χ1) is 11.4. The van der Waals surface area contributed by atoms with Gasteiger partial charge in [0, 0.05) is 32.2 Å². The molecular formula is C20H24N2O. The lowest BCUT2D eigenvalue weighted by Gasteiger charge is -2.34. The summed E-state index contributed by atoms with van der Waals surface area (Å²) in [4.78, 5) is 2.53. The summed E-state index contributed by atoms with van der Waals surface area (Å²) in [5.74, 6) is 1.74. The zero-order chi connectivity index (χ0) is 15.9. The Balaban J connectivity index is 1.72. The largest absolute Gasteiger partial charge is 0.457 e. The maximum atomic E-state index is 5.87. The van der Waals surface area contributed by atoms with Gasteiger partial charge >= 0.3 is 0 Å². The van der Waals surface area contributed by atoms with Crippen molar-refractivity contribution in [2.45, 2.75) is 12.5 Å². The summed E-state index contributed by atoms with van der Waals surface area (Å²) in [5, 5.41) is 3.41. The van der Waals surface area contributed by atoms with Crippen molar-refractivity contribution in [2.24, 2.45) is 0 Å². The molecular weight excluding hydrogens is 284 g/mol. The average molecular weight is 308 g/mol. The Labute approximate surface area is 138 Å². The molecule has 3 heteroatoms. The molecule has 3 rings (SSSR count). The first kappa shape index (κ1) is 15.8. The van der Waals surface area contributed by atoms with Gasteiger partial charge in [0.05, 0.1) is 0 Å². The second-order valence-electron chi connectivity index (χ2n) is 5.81. The first-order valence-electron chi connectivity index (χ1n) is 8.25. The molecule has 0 radical (unpaired) electrons. The average Bonchev–Trinajstić information content (AvgIpc) is 2.62. The molecule has 2 aromatic carbocycles. The summed E-state index contributed by atoms with van der Waals surface area (Å²) in [7, 11) is 0. The normalized spacial score (nSPS) is 16.7. The minimum atomic E-state index is 0.403. The van der Waals surface area contributed by atoms with E-state index in [2.05, 4.69) is 41.1 Å². The van der Waals surface area contributed by atoms with E-state index in [4.69, 9.17) is 4.74 Å². The standard InChI is InChI=1S/C20H24N2O/c1-2-6-20(22-15-13-21-14-16-22)17-9-11-19(12-10-17)23-18-7-4-3-5-8-18/h2-5,7-12,20-21H,1,6,13-16H2/t20-/m0/s1. The van der Waals surface area contributed by atoms with E-state index in [1.54, 1.807) is 0 Å². The van der Waals surface area contributed by atoms with Gasteiger partial charge in [0.15, 0.2) is 0 Å². The Morgan fingerprint density at radius 3 is 2.30 bits per heavy atom. The molecule has 0 saturated carbocycles. The van der Waals surface area contributed by atoms with Crippen molar-refractivity contribution in [2.75, 3.05) is 26.2 Å². The number of hydrogen-bond donors (Lipinski definition) is 1. The van der Waals surface area contributed by atoms with Crippen molar-refractivity contribution >= 4 is 0 Å². The van der Waals surface area contributed by atoms with E-state index in [0.29, 0.717) is 6.04 Å². The van der Waals surface area contributed by atoms with Gasteiger partial charge in [-0.3, -0.25) is 4.90 Å². The highest BCUT2D eigenvalue weighted by Crippen LogP contribution is 2.28. The maximum absolute atomic E-state index is 5.87. The summed E-state index contributed by atoms with van der Waals surface area (Å²) in [6.07, 6.45) is 2.99. The molecule has 2 aromatic rings. The summed E-state index contributed by atoms with van der Waals surface area (Å²) in [5.41, 5.74) is 1.33. The van der Waals surface area contributed by atoms with Crippen molar-refractivity contribution in [3.8, 4) is 11.5 Å². The second-order valence-corrected chi connectivity index (χ2v) is 5.81. The van der Waals surface area contributed by atoms with E-state index in [-0.39, 0.29) is 0 Å². The van der Waals surface area contributed by atoms with Crippen LogP contribution in [0.2, 0.25) is 0 Å². The minimum Gasteiger partial charge on any atom is -0.457 e. The number of benzene rings is 2. The Kier molecular flexibility index (Phi) is 5.46. The second kappa shape index (κ2) is 7.95. The fraction of sp³-hybridized carbons (Fsp3) is 0.300. The zero-order valence-electron chi connectivity index (χ0n) is 13.4. The van der Waals surface area contributed by atoms with Crippen LogP contribution in [-0.2, 0) is 0 Å². The molecule has 1 heterocycles. The van der Waals surface area contributed by atoms with Gasteiger partial charge in [-0.25, -0.2) is 0 Å². The summed E-state index contributed by atoms with van der Waals surface area (Å²) < 4.78 is 5.87. The topological polar surface area (TPSA) is 24.5 Å². The van der Waals surface area contributed by atoms with Gasteiger partial charge in [-0.15, -0.1) is 6.58 Å². The molecule has 1 saturated heterocycles. The van der Waals surface area contributed by atoms with Crippen LogP contribution in [0.25, 0.3) is 0 Å². The van der Waals surface area contributed by atoms with Crippen LogP contribution in [-0.4, -0.2) is 31.1 Å². The van der Waals surface area contributed by atoms with Crippen LogP contribution in [0.15, 0.2) is 67.3 Å². The number of nitrogens with one attached hydrogen (secondary N) is 1. The lowest BCUT2D eigenvalue weighted by atomic mass is 10.0. The van der Waals surface area contributed by atoms with Crippen molar-refractivity contribution in [3.05, 3.63) is 72.8 Å². The van der Waals surface area contributed by atoms with Gasteiger partial charge in [0.1, 0.15) is 11.5 Å². The van der Waals surface area contributed by atoms with Crippen molar-refractivity contribution in [1.82, 2.24) is 10.2 Å². The van der Waals surface area contributed by atoms with Gasteiger partial charge in [-0.1, -0.05) is 36.4 Å². The fourth-order valence-corrected chi connectivity index (χ4v) is 3.03. The number of nitrogens with zero attached hydrogens (tertiary/aromatic N) is 1. The van der Waals surface area contributed by atoms with Crippen LogP contribution >= 0.6 is 0 Å². The van der Waals surface area contributed by atoms with Gasteiger partial charge in [-0.05, 0) is 36.2 Å². The van der Waals surface area contributed by atoms with Crippen LogP contribution in [0.1, 0.15) is 18.0 Å². The lowest BCUT2D eigenvalue weighted by molar-refractivity contribution is 0.174. The maximum Gasteiger partial charge on any atom is 0.127 e. The molecule has 0 amide bonds. The molecule has 0 spiro atoms. The SMILES string of the molecule is C=CC[C@@H](c1ccc(Oc2ccccc2)cc1)N1CCNCC1. The van der Waals surface area contributed by atoms with E-state index in [9.17, 15) is 0 Å². The highest BCUT2D eigenvalue weighted by atomic mass is 16.5. The molecule has 1 atom stereocenters. The first-order valence-corrected chi connectivity index (χ1v) is 8.25. The summed E-state index contributed by atoms with van der Waals surface area (Å²) in [6.45, 7) is 8.21. The van der Waals surface area contributed by atoms with Crippen LogP contribution in [0.3, 0.4) is 0 Å². The van der Waals surface area contributed by atoms with Crippen LogP contribution in [0.5, 0.6) is 11.5 Å². The highest BCUT2D eigenvalue weighted by Gasteiger charge is 2.20. The molecule has 23 heavy (non-hydrogen) atoms. The monoisotopic (exact) mass is 308 g/mol. The molecule has 1 fully saturated rings. The Morgan fingerprint density at radius 2 is 1.65 bits per heavy atom. The number of ether oxygens (including phenoxy) is 1. The summed E-state index contributed by atoms with van der Waals surface area (Å²) in [6, 6.07) is 18.8. The van der Waals surface area contributed by atoms with Crippen molar-refractivity contribution < 1.29 is 4.74 Å². The number of piperazine rings is 1. The molecule has 3 nitrogen and oxygen atoms in total. The highest BCUT2D eigenvalue weighted by molar-refractivity contribution is 5.34. The molecule has 0 aromatic heterocycles. The number of rotatable bonds is 6. The van der Waals surface area contributed by atoms with E-state index in [1.165, 1.54) is 5.56 Å². The van der Waals surface area contributed by atoms with Crippen molar-refractivity contribution in [1.29, 1.82) is 0 Å². The van der Waals surface area contributed by atoms with E-state index < -0.39 is 0 Å². The zero-order valence-corrected chi connectivity index (χ0v) is 13.4. The van der Waals surface area contributed by atoms with E-state index >= 15 is 0 Å². The van der Waals surface area contributed by atoms with E-state index in [1.807, 2.05) is 36.4 Å². The molecule has 120 valence electrons. The lowest BCUT2D eigenvalue weighted by Crippen LogP contribution is -2.45. The number of para-hydroxylation sites is 1. The minimum absolute atomic E-state index is 0.403. The van der Waals surface area contributed by atoms with Gasteiger partial charge in [0.2, 0.25) is 0 Å². The van der Waals surface area contributed by atoms with Gasteiger partial charge in [0.25, 0.3) is 0 Å². The smallest absolute Gasteiger partial charge is 0.127 e. The molecule has 1 aliphatic rings. The number of hydrogen-bond acceptors (Lipinski definition) is 3. The molecule has 0 unspecified atom stereocenters. The molecule has 0 aliphatic carbocycles. The quantitative estimate of drug-likeness (QED) is 0.816. The van der Waals surface area contributed by atoms with Gasteiger partial charge < -0.3 is 10.1 Å². The third kappa shape index (κ3) is 4.21. The van der Waals surface area contributed by atoms with Crippen molar-refractivity contribution in [3.63, 3.8) is 0 Å². The van der Waals surface area contributed by atoms with E-state index in [0.717, 1.165) is 44.1 Å².